The maximum Gasteiger partial charge on any atom is 0.269 e. The number of hydrogen-bond acceptors (Lipinski definition) is 5. The summed E-state index contributed by atoms with van der Waals surface area (Å²) in [5.74, 6) is 9.08. The maximum absolute atomic E-state index is 12.3. The molecule has 1 aromatic carbocycles. The molecule has 6 aliphatic rings. The summed E-state index contributed by atoms with van der Waals surface area (Å²) in [5.41, 5.74) is 4.21. The van der Waals surface area contributed by atoms with Gasteiger partial charge in [0.1, 0.15) is 0 Å². The fourth-order valence-electron chi connectivity index (χ4n) is 14.7. The van der Waals surface area contributed by atoms with Gasteiger partial charge >= 0.3 is 0 Å². The van der Waals surface area contributed by atoms with Crippen molar-refractivity contribution >= 4 is 26.8 Å². The number of piperidine rings is 1. The number of non-ortho nitro benzene ring substituents is 1. The molecule has 7 rings (SSSR count). The van der Waals surface area contributed by atoms with E-state index in [9.17, 15) is 14.3 Å². The summed E-state index contributed by atoms with van der Waals surface area (Å²) in [6.07, 6.45) is 17.4. The van der Waals surface area contributed by atoms with Crippen LogP contribution in [0.5, 0.6) is 0 Å². The minimum Gasteiger partial charge on any atom is -0.366 e. The largest absolute Gasteiger partial charge is 0.366 e. The highest BCUT2D eigenvalue weighted by Crippen LogP contribution is 2.77. The van der Waals surface area contributed by atoms with E-state index < -0.39 is 9.52 Å². The summed E-state index contributed by atoms with van der Waals surface area (Å²) in [6.45, 7) is 24.2. The lowest BCUT2D eigenvalue weighted by Crippen LogP contribution is -2.69. The zero-order valence-electron chi connectivity index (χ0n) is 33.0. The Morgan fingerprint density at radius 2 is 1.57 bits per heavy atom. The van der Waals surface area contributed by atoms with Crippen LogP contribution in [0.25, 0.3) is 0 Å². The van der Waals surface area contributed by atoms with E-state index in [1.807, 2.05) is 12.1 Å². The van der Waals surface area contributed by atoms with E-state index in [-0.39, 0.29) is 21.6 Å². The van der Waals surface area contributed by atoms with Gasteiger partial charge in [-0.25, -0.2) is 0 Å². The molecule has 6 fully saturated rings. The van der Waals surface area contributed by atoms with E-state index in [4.69, 9.17) is 0 Å². The number of rotatable bonds is 9. The Kier molecular flexibility index (Phi) is 9.67. The molecule has 0 unspecified atom stereocenters. The van der Waals surface area contributed by atoms with Crippen LogP contribution < -0.4 is 4.90 Å². The highest BCUT2D eigenvalue weighted by molar-refractivity contribution is 8.00. The third-order valence-corrected chi connectivity index (χ3v) is 19.4. The first kappa shape index (κ1) is 37.5. The normalized spacial score (nSPS) is 41.5. The highest BCUT2D eigenvalue weighted by atomic mass is 32.2. The number of fused-ring (bicyclic) bond motifs is 7. The van der Waals surface area contributed by atoms with Crippen molar-refractivity contribution in [3.05, 3.63) is 46.5 Å². The van der Waals surface area contributed by atoms with Crippen molar-refractivity contribution in [1.82, 2.24) is 4.90 Å². The summed E-state index contributed by atoms with van der Waals surface area (Å²) < 4.78 is 12.3. The molecule has 0 radical (unpaired) electrons. The van der Waals surface area contributed by atoms with Gasteiger partial charge in [-0.1, -0.05) is 45.8 Å². The summed E-state index contributed by atoms with van der Waals surface area (Å²) >= 11 is 0. The van der Waals surface area contributed by atoms with Crippen LogP contribution in [0.1, 0.15) is 125 Å². The van der Waals surface area contributed by atoms with Gasteiger partial charge in [0.2, 0.25) is 0 Å². The van der Waals surface area contributed by atoms with Gasteiger partial charge in [-0.2, -0.15) is 0 Å². The molecule has 0 bridgehead atoms. The van der Waals surface area contributed by atoms with Crippen LogP contribution in [0.4, 0.5) is 11.4 Å². The Balaban J connectivity index is 1.08. The number of allylic oxidation sites excluding steroid dienone is 1. The third kappa shape index (κ3) is 6.05. The van der Waals surface area contributed by atoms with Crippen LogP contribution in [0.2, 0.25) is 0 Å². The van der Waals surface area contributed by atoms with Crippen LogP contribution in [-0.4, -0.2) is 63.1 Å². The second-order valence-electron chi connectivity index (χ2n) is 19.9. The molecule has 1 aromatic rings. The molecule has 0 aromatic heterocycles. The fourth-order valence-corrected chi connectivity index (χ4v) is 16.0. The van der Waals surface area contributed by atoms with Crippen molar-refractivity contribution in [3.63, 3.8) is 0 Å². The molecule has 0 amide bonds. The fraction of sp³-hybridized carbons (Fsp3) is 0.795. The van der Waals surface area contributed by atoms with Crippen molar-refractivity contribution in [3.8, 4) is 0 Å². The molecule has 4 aliphatic carbocycles. The van der Waals surface area contributed by atoms with Gasteiger partial charge in [0, 0.05) is 54.5 Å². The van der Waals surface area contributed by atoms with Crippen LogP contribution in [0.3, 0.4) is 0 Å². The Bertz CT molecular complexity index is 1590. The lowest BCUT2D eigenvalue weighted by Gasteiger charge is -2.73. The molecule has 0 N–H and O–H groups in total. The van der Waals surface area contributed by atoms with E-state index in [1.54, 1.807) is 12.1 Å². The third-order valence-electron chi connectivity index (χ3n) is 17.5. The minimum atomic E-state index is -1.81. The Hall–Kier alpha value is -1.86. The van der Waals surface area contributed by atoms with Crippen molar-refractivity contribution < 1.29 is 9.13 Å². The highest BCUT2D eigenvalue weighted by Gasteiger charge is 2.70. The lowest BCUT2D eigenvalue weighted by atomic mass is 9.33. The minimum absolute atomic E-state index is 0.0106. The number of nitro benzene ring substituents is 1. The molecular weight excluding hydrogens is 651 g/mol. The molecule has 284 valence electrons. The molecule has 2 saturated heterocycles. The van der Waals surface area contributed by atoms with Gasteiger partial charge in [-0.15, -0.1) is 0 Å². The molecule has 0 spiro atoms. The first-order valence-electron chi connectivity index (χ1n) is 20.7. The number of unbranched alkanes of at least 4 members (excludes halogenated alkanes) is 2. The number of benzene rings is 1. The van der Waals surface area contributed by atoms with Crippen molar-refractivity contribution in [2.45, 2.75) is 131 Å². The predicted octanol–water partition coefficient (Wildman–Crippen LogP) is 10.0. The van der Waals surface area contributed by atoms with Crippen molar-refractivity contribution in [2.24, 2.45) is 51.2 Å². The quantitative estimate of drug-likeness (QED) is 0.0836. The number of anilines is 1. The summed E-state index contributed by atoms with van der Waals surface area (Å²) in [6, 6.07) is 7.33. The van der Waals surface area contributed by atoms with Crippen LogP contribution in [0, 0.1) is 61.4 Å². The van der Waals surface area contributed by atoms with Crippen LogP contribution >= 0.6 is 0 Å². The SMILES string of the molecule is C=C(C)[C@@H]1CC[C@]2(CCCCCN3CCS(=C)(=O)CC3)CC[C@]3(C)[C@H](CC[C@@H]4[C@@]5(C)CCN(c6ccc([N+](=O)[O-])cc6)C(C)(C)[C@@H]5CC[C@]43C)[C@@H]12. The Labute approximate surface area is 310 Å². The van der Waals surface area contributed by atoms with E-state index >= 15 is 0 Å². The average Bonchev–Trinajstić information content (AvgIpc) is 3.45. The predicted molar refractivity (Wildman–Crippen MR) is 215 cm³/mol. The molecule has 7 heteroatoms. The van der Waals surface area contributed by atoms with Gasteiger partial charge in [0.05, 0.1) is 4.92 Å². The zero-order chi connectivity index (χ0) is 36.6. The first-order valence-corrected chi connectivity index (χ1v) is 22.8. The van der Waals surface area contributed by atoms with Gasteiger partial charge in [-0.3, -0.25) is 14.3 Å². The summed E-state index contributed by atoms with van der Waals surface area (Å²) in [4.78, 5) is 16.2. The van der Waals surface area contributed by atoms with Crippen molar-refractivity contribution in [2.75, 3.05) is 42.6 Å². The molecule has 9 atom stereocenters. The smallest absolute Gasteiger partial charge is 0.269 e. The van der Waals surface area contributed by atoms with Gasteiger partial charge in [0.25, 0.3) is 5.69 Å². The number of hydrogen-bond donors (Lipinski definition) is 0. The second kappa shape index (κ2) is 13.2. The number of nitrogens with zero attached hydrogens (tertiary/aromatic N) is 3. The van der Waals surface area contributed by atoms with Gasteiger partial charge < -0.3 is 9.80 Å². The average molecular weight is 720 g/mol. The topological polar surface area (TPSA) is 66.7 Å². The van der Waals surface area contributed by atoms with E-state index in [1.165, 1.54) is 89.0 Å². The van der Waals surface area contributed by atoms with E-state index in [0.29, 0.717) is 28.1 Å². The van der Waals surface area contributed by atoms with E-state index in [2.05, 4.69) is 63.8 Å². The van der Waals surface area contributed by atoms with Gasteiger partial charge in [-0.05, 0) is 177 Å². The summed E-state index contributed by atoms with van der Waals surface area (Å²) in [7, 11) is -1.81. The number of nitro groups is 1. The molecule has 51 heavy (non-hydrogen) atoms. The zero-order valence-corrected chi connectivity index (χ0v) is 33.8. The summed E-state index contributed by atoms with van der Waals surface area (Å²) in [5, 5.41) is 11.4. The molecule has 4 saturated carbocycles. The monoisotopic (exact) mass is 720 g/mol. The molecular formula is C44H69N3O3S. The standard InChI is InChI=1S/C44H69N3O3S/c1-32(2)35-18-22-44(20-10-9-11-26-45-28-30-51(8,50)31-29-45)24-23-42(6)36(39(35)44)16-17-38-41(5)25-27-46(33-12-14-34(15-13-33)47(48)49)40(3,4)37(41)19-21-43(38,42)7/h12-15,35-39H,1,8-11,16-31H2,2-7H3/t35-,36+,37-,38+,39+,41-,42+,43+,44+/m0/s1. The Morgan fingerprint density at radius 1 is 0.863 bits per heavy atom. The van der Waals surface area contributed by atoms with Gasteiger partial charge in [0.15, 0.2) is 0 Å². The lowest BCUT2D eigenvalue weighted by molar-refractivity contribution is -0.384. The Morgan fingerprint density at radius 3 is 2.24 bits per heavy atom. The molecule has 2 heterocycles. The van der Waals surface area contributed by atoms with Crippen LogP contribution in [0.15, 0.2) is 36.4 Å². The van der Waals surface area contributed by atoms with Crippen molar-refractivity contribution in [1.29, 1.82) is 0 Å². The van der Waals surface area contributed by atoms with Crippen LogP contribution in [-0.2, 0) is 9.52 Å². The van der Waals surface area contributed by atoms with E-state index in [0.717, 1.165) is 61.1 Å². The second-order valence-corrected chi connectivity index (χ2v) is 22.7. The maximum atomic E-state index is 12.3. The first-order chi connectivity index (χ1) is 24.0. The molecule has 2 aliphatic heterocycles. The molecule has 6 nitrogen and oxygen atoms in total.